The summed E-state index contributed by atoms with van der Waals surface area (Å²) in [5.41, 5.74) is 3.00. The third-order valence-electron chi connectivity index (χ3n) is 3.11. The number of aromatic nitrogens is 1. The molecule has 0 saturated heterocycles. The highest BCUT2D eigenvalue weighted by atomic mass is 16.5. The molecular formula is C15H17NO2. The first-order valence-corrected chi connectivity index (χ1v) is 5.93. The quantitative estimate of drug-likeness (QED) is 0.613. The van der Waals surface area contributed by atoms with Crippen LogP contribution in [0, 0.1) is 6.92 Å². The van der Waals surface area contributed by atoms with Gasteiger partial charge in [0, 0.05) is 23.3 Å². The predicted molar refractivity (Wildman–Crippen MR) is 72.4 cm³/mol. The Morgan fingerprint density at radius 1 is 1.39 bits per heavy atom. The van der Waals surface area contributed by atoms with Crippen LogP contribution < -0.4 is 0 Å². The summed E-state index contributed by atoms with van der Waals surface area (Å²) in [6.07, 6.45) is 1.89. The number of nitrogens with zero attached hydrogens (tertiary/aromatic N) is 1. The number of carbonyl (C=O) groups excluding carboxylic acids is 1. The molecule has 1 aromatic heterocycles. The molecule has 0 bridgehead atoms. The van der Waals surface area contributed by atoms with Crippen LogP contribution in [0.1, 0.15) is 12.6 Å². The van der Waals surface area contributed by atoms with Gasteiger partial charge in [-0.05, 0) is 31.4 Å². The average Bonchev–Trinajstić information content (AvgIpc) is 2.70. The summed E-state index contributed by atoms with van der Waals surface area (Å²) in [5.74, 6) is -0.274. The van der Waals surface area contributed by atoms with E-state index in [2.05, 4.69) is 34.4 Å². The Bertz CT molecular complexity index is 608. The van der Waals surface area contributed by atoms with E-state index in [9.17, 15) is 4.79 Å². The first-order valence-electron chi connectivity index (χ1n) is 5.93. The first-order chi connectivity index (χ1) is 8.63. The molecule has 0 N–H and O–H groups in total. The maximum atomic E-state index is 11.3. The maximum Gasteiger partial charge on any atom is 0.333 e. The Morgan fingerprint density at radius 2 is 2.11 bits per heavy atom. The van der Waals surface area contributed by atoms with E-state index in [-0.39, 0.29) is 5.97 Å². The van der Waals surface area contributed by atoms with Gasteiger partial charge in [-0.1, -0.05) is 24.3 Å². The summed E-state index contributed by atoms with van der Waals surface area (Å²) in [6, 6.07) is 10.4. The number of hydrogen-bond donors (Lipinski definition) is 0. The van der Waals surface area contributed by atoms with Gasteiger partial charge in [-0.15, -0.1) is 0 Å². The Morgan fingerprint density at radius 3 is 2.83 bits per heavy atom. The van der Waals surface area contributed by atoms with Gasteiger partial charge in [0.15, 0.2) is 0 Å². The van der Waals surface area contributed by atoms with Gasteiger partial charge in [0.25, 0.3) is 0 Å². The standard InChI is InChI=1S/C15H17NO2/c1-11(15(17)18-3)8-9-16-12(2)10-13-6-4-5-7-14(13)16/h4-8,10H,9H2,1-3H3. The highest BCUT2D eigenvalue weighted by molar-refractivity contribution is 5.87. The molecule has 0 aliphatic rings. The van der Waals surface area contributed by atoms with Gasteiger partial charge in [-0.25, -0.2) is 4.79 Å². The third kappa shape index (κ3) is 2.30. The van der Waals surface area contributed by atoms with Crippen LogP contribution in [0.15, 0.2) is 42.0 Å². The lowest BCUT2D eigenvalue weighted by atomic mass is 10.2. The van der Waals surface area contributed by atoms with Crippen molar-refractivity contribution in [3.8, 4) is 0 Å². The van der Waals surface area contributed by atoms with Crippen molar-refractivity contribution < 1.29 is 9.53 Å². The zero-order valence-electron chi connectivity index (χ0n) is 10.9. The zero-order valence-corrected chi connectivity index (χ0v) is 10.9. The van der Waals surface area contributed by atoms with Gasteiger partial charge in [0.1, 0.15) is 0 Å². The molecule has 0 amide bonds. The lowest BCUT2D eigenvalue weighted by molar-refractivity contribution is -0.136. The number of methoxy groups -OCH3 is 1. The topological polar surface area (TPSA) is 31.2 Å². The minimum Gasteiger partial charge on any atom is -0.466 e. The Balaban J connectivity index is 2.32. The summed E-state index contributed by atoms with van der Waals surface area (Å²) >= 11 is 0. The van der Waals surface area contributed by atoms with E-state index >= 15 is 0 Å². The molecule has 0 aliphatic heterocycles. The molecule has 0 saturated carbocycles. The number of benzene rings is 1. The molecule has 0 fully saturated rings. The normalized spacial score (nSPS) is 11.8. The number of carbonyl (C=O) groups is 1. The molecule has 2 rings (SSSR count). The molecule has 0 spiro atoms. The van der Waals surface area contributed by atoms with Crippen LogP contribution in [-0.2, 0) is 16.1 Å². The molecule has 3 heteroatoms. The van der Waals surface area contributed by atoms with E-state index in [0.717, 1.165) is 0 Å². The summed E-state index contributed by atoms with van der Waals surface area (Å²) in [7, 11) is 1.40. The third-order valence-corrected chi connectivity index (χ3v) is 3.11. The largest absolute Gasteiger partial charge is 0.466 e. The van der Waals surface area contributed by atoms with Crippen molar-refractivity contribution >= 4 is 16.9 Å². The van der Waals surface area contributed by atoms with Gasteiger partial charge in [-0.3, -0.25) is 0 Å². The monoisotopic (exact) mass is 243 g/mol. The zero-order chi connectivity index (χ0) is 13.1. The fraction of sp³-hybridized carbons (Fsp3) is 0.267. The summed E-state index contributed by atoms with van der Waals surface area (Å²) in [6.45, 7) is 4.52. The highest BCUT2D eigenvalue weighted by Crippen LogP contribution is 2.19. The van der Waals surface area contributed by atoms with Crippen molar-refractivity contribution in [2.45, 2.75) is 20.4 Å². The molecule has 3 nitrogen and oxygen atoms in total. The van der Waals surface area contributed by atoms with E-state index in [4.69, 9.17) is 0 Å². The van der Waals surface area contributed by atoms with E-state index in [0.29, 0.717) is 12.1 Å². The van der Waals surface area contributed by atoms with Crippen molar-refractivity contribution in [1.82, 2.24) is 4.57 Å². The number of allylic oxidation sites excluding steroid dienone is 1. The number of fused-ring (bicyclic) bond motifs is 1. The van der Waals surface area contributed by atoms with Crippen molar-refractivity contribution in [3.05, 3.63) is 47.7 Å². The molecule has 1 aromatic carbocycles. The number of ether oxygens (including phenoxy) is 1. The van der Waals surface area contributed by atoms with Gasteiger partial charge in [-0.2, -0.15) is 0 Å². The van der Waals surface area contributed by atoms with E-state index < -0.39 is 0 Å². The van der Waals surface area contributed by atoms with Crippen LogP contribution in [0.2, 0.25) is 0 Å². The number of esters is 1. The number of rotatable bonds is 3. The van der Waals surface area contributed by atoms with Gasteiger partial charge >= 0.3 is 5.97 Å². The first kappa shape index (κ1) is 12.4. The Hall–Kier alpha value is -2.03. The van der Waals surface area contributed by atoms with Crippen molar-refractivity contribution in [2.75, 3.05) is 7.11 Å². The van der Waals surface area contributed by atoms with E-state index in [1.165, 1.54) is 23.7 Å². The molecule has 0 aliphatic carbocycles. The molecule has 18 heavy (non-hydrogen) atoms. The molecule has 0 atom stereocenters. The van der Waals surface area contributed by atoms with Crippen LogP contribution in [0.3, 0.4) is 0 Å². The summed E-state index contributed by atoms with van der Waals surface area (Å²) < 4.78 is 6.87. The minimum atomic E-state index is -0.274. The summed E-state index contributed by atoms with van der Waals surface area (Å²) in [4.78, 5) is 11.3. The maximum absolute atomic E-state index is 11.3. The molecule has 94 valence electrons. The second-order valence-corrected chi connectivity index (χ2v) is 4.33. The average molecular weight is 243 g/mol. The minimum absolute atomic E-state index is 0.274. The fourth-order valence-electron chi connectivity index (χ4n) is 2.06. The second-order valence-electron chi connectivity index (χ2n) is 4.33. The van der Waals surface area contributed by atoms with Crippen LogP contribution in [0.4, 0.5) is 0 Å². The lowest BCUT2D eigenvalue weighted by Gasteiger charge is -2.05. The molecule has 2 aromatic rings. The van der Waals surface area contributed by atoms with Gasteiger partial charge in [0.2, 0.25) is 0 Å². The molecule has 1 heterocycles. The fourth-order valence-corrected chi connectivity index (χ4v) is 2.06. The van der Waals surface area contributed by atoms with Gasteiger partial charge < -0.3 is 9.30 Å². The van der Waals surface area contributed by atoms with E-state index in [1.54, 1.807) is 6.92 Å². The number of hydrogen-bond acceptors (Lipinski definition) is 2. The van der Waals surface area contributed by atoms with E-state index in [1.807, 2.05) is 18.2 Å². The smallest absolute Gasteiger partial charge is 0.333 e. The SMILES string of the molecule is COC(=O)C(C)=CCn1c(C)cc2ccccc21. The number of aryl methyl sites for hydroxylation is 1. The molecular weight excluding hydrogens is 226 g/mol. The Labute approximate surface area is 107 Å². The molecule has 0 radical (unpaired) electrons. The Kier molecular flexibility index (Phi) is 3.51. The highest BCUT2D eigenvalue weighted by Gasteiger charge is 2.05. The second kappa shape index (κ2) is 5.08. The summed E-state index contributed by atoms with van der Waals surface area (Å²) in [5, 5.41) is 1.22. The van der Waals surface area contributed by atoms with Crippen molar-refractivity contribution in [2.24, 2.45) is 0 Å². The van der Waals surface area contributed by atoms with Crippen molar-refractivity contribution in [3.63, 3.8) is 0 Å². The van der Waals surface area contributed by atoms with Crippen LogP contribution in [0.25, 0.3) is 10.9 Å². The lowest BCUT2D eigenvalue weighted by Crippen LogP contribution is -2.04. The molecule has 0 unspecified atom stereocenters. The van der Waals surface area contributed by atoms with Crippen LogP contribution >= 0.6 is 0 Å². The predicted octanol–water partition coefficient (Wildman–Crippen LogP) is 3.07. The van der Waals surface area contributed by atoms with Gasteiger partial charge in [0.05, 0.1) is 7.11 Å². The number of para-hydroxylation sites is 1. The van der Waals surface area contributed by atoms with Crippen molar-refractivity contribution in [1.29, 1.82) is 0 Å². The van der Waals surface area contributed by atoms with Crippen LogP contribution in [-0.4, -0.2) is 17.6 Å². The van der Waals surface area contributed by atoms with Crippen LogP contribution in [0.5, 0.6) is 0 Å².